The molecule has 1 amide bonds. The molecule has 0 saturated carbocycles. The minimum atomic E-state index is -0.628. The van der Waals surface area contributed by atoms with Gasteiger partial charge < -0.3 is 15.8 Å². The Balaban J connectivity index is 2.17. The van der Waals surface area contributed by atoms with Crippen LogP contribution in [0.2, 0.25) is 0 Å². The molecule has 20 heavy (non-hydrogen) atoms. The van der Waals surface area contributed by atoms with Gasteiger partial charge in [0.15, 0.2) is 0 Å². The standard InChI is InChI=1S/C13H17N3O4/c1-8-7-9(5-6-20-8)15-13(17)10-3-2-4-11(14)12(10)16(18)19/h2-4,8-9H,5-7,14H2,1H3,(H,15,17). The number of anilines is 1. The van der Waals surface area contributed by atoms with Crippen molar-refractivity contribution in [2.75, 3.05) is 12.3 Å². The van der Waals surface area contributed by atoms with Crippen LogP contribution in [0.25, 0.3) is 0 Å². The summed E-state index contributed by atoms with van der Waals surface area (Å²) in [6, 6.07) is 4.31. The van der Waals surface area contributed by atoms with Crippen LogP contribution < -0.4 is 11.1 Å². The number of nitrogens with zero attached hydrogens (tertiary/aromatic N) is 1. The molecule has 0 aliphatic carbocycles. The highest BCUT2D eigenvalue weighted by Gasteiger charge is 2.26. The van der Waals surface area contributed by atoms with E-state index in [1.165, 1.54) is 18.2 Å². The van der Waals surface area contributed by atoms with Gasteiger partial charge in [-0.1, -0.05) is 6.07 Å². The molecule has 0 radical (unpaired) electrons. The number of carbonyl (C=O) groups is 1. The van der Waals surface area contributed by atoms with E-state index < -0.39 is 10.8 Å². The summed E-state index contributed by atoms with van der Waals surface area (Å²) in [6.45, 7) is 2.51. The fourth-order valence-electron chi connectivity index (χ4n) is 2.34. The molecular formula is C13H17N3O4. The highest BCUT2D eigenvalue weighted by molar-refractivity contribution is 6.00. The van der Waals surface area contributed by atoms with Gasteiger partial charge >= 0.3 is 5.69 Å². The summed E-state index contributed by atoms with van der Waals surface area (Å²) < 4.78 is 5.40. The average Bonchev–Trinajstić information content (AvgIpc) is 2.37. The third-order valence-electron chi connectivity index (χ3n) is 3.31. The average molecular weight is 279 g/mol. The van der Waals surface area contributed by atoms with E-state index in [4.69, 9.17) is 10.5 Å². The molecule has 7 nitrogen and oxygen atoms in total. The van der Waals surface area contributed by atoms with E-state index in [9.17, 15) is 14.9 Å². The van der Waals surface area contributed by atoms with E-state index in [-0.39, 0.29) is 29.1 Å². The highest BCUT2D eigenvalue weighted by atomic mass is 16.6. The molecule has 7 heteroatoms. The summed E-state index contributed by atoms with van der Waals surface area (Å²) in [5.41, 5.74) is 5.21. The van der Waals surface area contributed by atoms with Crippen molar-refractivity contribution in [1.82, 2.24) is 5.32 Å². The van der Waals surface area contributed by atoms with E-state index in [2.05, 4.69) is 5.32 Å². The van der Waals surface area contributed by atoms with Gasteiger partial charge in [0.05, 0.1) is 11.0 Å². The Labute approximate surface area is 116 Å². The number of nitrogens with one attached hydrogen (secondary N) is 1. The smallest absolute Gasteiger partial charge is 0.304 e. The number of benzene rings is 1. The second kappa shape index (κ2) is 5.87. The largest absolute Gasteiger partial charge is 0.393 e. The maximum atomic E-state index is 12.2. The number of nitrogen functional groups attached to an aromatic ring is 1. The van der Waals surface area contributed by atoms with Crippen LogP contribution in [-0.2, 0) is 4.74 Å². The predicted octanol–water partition coefficient (Wildman–Crippen LogP) is 1.47. The van der Waals surface area contributed by atoms with Gasteiger partial charge in [-0.3, -0.25) is 14.9 Å². The highest BCUT2D eigenvalue weighted by Crippen LogP contribution is 2.26. The molecule has 3 N–H and O–H groups in total. The molecule has 0 spiro atoms. The van der Waals surface area contributed by atoms with Crippen LogP contribution in [0, 0.1) is 10.1 Å². The van der Waals surface area contributed by atoms with Gasteiger partial charge in [0.25, 0.3) is 5.91 Å². The first-order valence-electron chi connectivity index (χ1n) is 6.44. The van der Waals surface area contributed by atoms with Crippen molar-refractivity contribution in [3.8, 4) is 0 Å². The normalized spacial score (nSPS) is 22.2. The van der Waals surface area contributed by atoms with Crippen molar-refractivity contribution < 1.29 is 14.5 Å². The van der Waals surface area contributed by atoms with Gasteiger partial charge in [-0.15, -0.1) is 0 Å². The molecule has 1 aromatic rings. The Hall–Kier alpha value is -2.15. The number of carbonyl (C=O) groups excluding carboxylic acids is 1. The zero-order valence-corrected chi connectivity index (χ0v) is 11.2. The van der Waals surface area contributed by atoms with Crippen LogP contribution in [0.5, 0.6) is 0 Å². The molecule has 108 valence electrons. The molecule has 1 heterocycles. The molecule has 1 aliphatic heterocycles. The van der Waals surface area contributed by atoms with Gasteiger partial charge in [-0.05, 0) is 31.9 Å². The van der Waals surface area contributed by atoms with Crippen molar-refractivity contribution in [3.05, 3.63) is 33.9 Å². The van der Waals surface area contributed by atoms with Gasteiger partial charge in [-0.2, -0.15) is 0 Å². The zero-order valence-electron chi connectivity index (χ0n) is 11.2. The molecule has 2 unspecified atom stereocenters. The lowest BCUT2D eigenvalue weighted by Gasteiger charge is -2.27. The van der Waals surface area contributed by atoms with E-state index in [0.29, 0.717) is 19.4 Å². The molecule has 2 rings (SSSR count). The van der Waals surface area contributed by atoms with Gasteiger partial charge in [0, 0.05) is 12.6 Å². The number of hydrogen-bond acceptors (Lipinski definition) is 5. The summed E-state index contributed by atoms with van der Waals surface area (Å²) in [7, 11) is 0. The Morgan fingerprint density at radius 3 is 2.95 bits per heavy atom. The summed E-state index contributed by atoms with van der Waals surface area (Å²) in [6.07, 6.45) is 1.47. The van der Waals surface area contributed by atoms with Crippen molar-refractivity contribution in [3.63, 3.8) is 0 Å². The van der Waals surface area contributed by atoms with Crippen LogP contribution in [0.4, 0.5) is 11.4 Å². The second-order valence-corrected chi connectivity index (χ2v) is 4.88. The number of nitro benzene ring substituents is 1. The van der Waals surface area contributed by atoms with Crippen LogP contribution in [-0.4, -0.2) is 29.6 Å². The van der Waals surface area contributed by atoms with Crippen molar-refractivity contribution in [1.29, 1.82) is 0 Å². The van der Waals surface area contributed by atoms with Crippen molar-refractivity contribution in [2.45, 2.75) is 31.9 Å². The number of nitro groups is 1. The topological polar surface area (TPSA) is 107 Å². The number of ether oxygens (including phenoxy) is 1. The van der Waals surface area contributed by atoms with E-state index in [0.717, 1.165) is 0 Å². The van der Waals surface area contributed by atoms with Gasteiger partial charge in [0.1, 0.15) is 11.3 Å². The van der Waals surface area contributed by atoms with Crippen LogP contribution in [0.15, 0.2) is 18.2 Å². The molecule has 0 bridgehead atoms. The number of nitrogens with two attached hydrogens (primary N) is 1. The van der Waals surface area contributed by atoms with E-state index in [1.54, 1.807) is 0 Å². The third kappa shape index (κ3) is 3.05. The maximum absolute atomic E-state index is 12.2. The fourth-order valence-corrected chi connectivity index (χ4v) is 2.34. The zero-order chi connectivity index (χ0) is 14.7. The lowest BCUT2D eigenvalue weighted by molar-refractivity contribution is -0.384. The Morgan fingerprint density at radius 2 is 2.30 bits per heavy atom. The first-order valence-corrected chi connectivity index (χ1v) is 6.44. The summed E-state index contributed by atoms with van der Waals surface area (Å²) >= 11 is 0. The van der Waals surface area contributed by atoms with Crippen molar-refractivity contribution >= 4 is 17.3 Å². The van der Waals surface area contributed by atoms with Gasteiger partial charge in [-0.25, -0.2) is 0 Å². The van der Waals surface area contributed by atoms with E-state index >= 15 is 0 Å². The SMILES string of the molecule is CC1CC(NC(=O)c2cccc(N)c2[N+](=O)[O-])CCO1. The molecule has 1 aromatic carbocycles. The monoisotopic (exact) mass is 279 g/mol. The minimum Gasteiger partial charge on any atom is -0.393 e. The van der Waals surface area contributed by atoms with Crippen molar-refractivity contribution in [2.24, 2.45) is 0 Å². The third-order valence-corrected chi connectivity index (χ3v) is 3.31. The fraction of sp³-hybridized carbons (Fsp3) is 0.462. The number of amides is 1. The summed E-state index contributed by atoms with van der Waals surface area (Å²) in [4.78, 5) is 22.6. The lowest BCUT2D eigenvalue weighted by atomic mass is 10.0. The first kappa shape index (κ1) is 14.3. The molecule has 1 aliphatic rings. The Kier molecular flexibility index (Phi) is 4.19. The molecular weight excluding hydrogens is 262 g/mol. The van der Waals surface area contributed by atoms with Gasteiger partial charge in [0.2, 0.25) is 0 Å². The minimum absolute atomic E-state index is 0.00542. The van der Waals surface area contributed by atoms with Crippen LogP contribution >= 0.6 is 0 Å². The number of rotatable bonds is 3. The summed E-state index contributed by atoms with van der Waals surface area (Å²) in [5, 5.41) is 13.8. The number of hydrogen-bond donors (Lipinski definition) is 2. The molecule has 0 aromatic heterocycles. The Morgan fingerprint density at radius 1 is 1.55 bits per heavy atom. The second-order valence-electron chi connectivity index (χ2n) is 4.88. The molecule has 1 fully saturated rings. The number of para-hydroxylation sites is 1. The molecule has 1 saturated heterocycles. The summed E-state index contributed by atoms with van der Waals surface area (Å²) in [5.74, 6) is -0.469. The first-order chi connectivity index (χ1) is 9.49. The quantitative estimate of drug-likeness (QED) is 0.495. The predicted molar refractivity (Wildman–Crippen MR) is 73.4 cm³/mol. The lowest BCUT2D eigenvalue weighted by Crippen LogP contribution is -2.41. The Bertz CT molecular complexity index is 532. The van der Waals surface area contributed by atoms with E-state index in [1.807, 2.05) is 6.92 Å². The van der Waals surface area contributed by atoms with Crippen LogP contribution in [0.3, 0.4) is 0 Å². The van der Waals surface area contributed by atoms with Crippen LogP contribution in [0.1, 0.15) is 30.1 Å². The molecule has 2 atom stereocenters. The maximum Gasteiger partial charge on any atom is 0.304 e.